The molecule has 0 radical (unpaired) electrons. The molecule has 3 aromatic carbocycles. The minimum Gasteiger partial charge on any atom is -0.494 e. The largest absolute Gasteiger partial charge is 0.494 e. The smallest absolute Gasteiger partial charge is 0.265 e. The van der Waals surface area contributed by atoms with Gasteiger partial charge in [-0.05, 0) is 62.2 Å². The van der Waals surface area contributed by atoms with Gasteiger partial charge in [-0.2, -0.15) is 0 Å². The van der Waals surface area contributed by atoms with Crippen molar-refractivity contribution >= 4 is 29.3 Å². The van der Waals surface area contributed by atoms with Gasteiger partial charge in [-0.3, -0.25) is 9.59 Å². The molecule has 0 saturated carbocycles. The van der Waals surface area contributed by atoms with Gasteiger partial charge in [0.15, 0.2) is 6.61 Å². The molecule has 0 unspecified atom stereocenters. The average molecular weight is 457 g/mol. The van der Waals surface area contributed by atoms with Gasteiger partial charge >= 0.3 is 0 Å². The summed E-state index contributed by atoms with van der Waals surface area (Å²) in [6.07, 6.45) is 3.92. The van der Waals surface area contributed by atoms with Crippen LogP contribution >= 0.6 is 0 Å². The van der Waals surface area contributed by atoms with E-state index in [1.54, 1.807) is 29.2 Å². The van der Waals surface area contributed by atoms with Crippen molar-refractivity contribution in [1.29, 1.82) is 0 Å². The summed E-state index contributed by atoms with van der Waals surface area (Å²) in [6.45, 7) is 5.03. The van der Waals surface area contributed by atoms with E-state index >= 15 is 0 Å². The first-order valence-electron chi connectivity index (χ1n) is 11.3. The summed E-state index contributed by atoms with van der Waals surface area (Å²) in [5, 5.41) is 2.86. The Morgan fingerprint density at radius 2 is 1.74 bits per heavy atom. The van der Waals surface area contributed by atoms with E-state index in [-0.39, 0.29) is 18.4 Å². The minimum absolute atomic E-state index is 0.00316. The van der Waals surface area contributed by atoms with Gasteiger partial charge in [0.05, 0.1) is 12.3 Å². The van der Waals surface area contributed by atoms with Gasteiger partial charge in [-0.1, -0.05) is 47.5 Å². The molecule has 34 heavy (non-hydrogen) atoms. The van der Waals surface area contributed by atoms with E-state index in [4.69, 9.17) is 9.47 Å². The first-order chi connectivity index (χ1) is 16.5. The molecule has 0 spiro atoms. The van der Waals surface area contributed by atoms with Crippen molar-refractivity contribution in [3.63, 3.8) is 0 Å². The second-order valence-electron chi connectivity index (χ2n) is 8.26. The number of hydrogen-bond donors (Lipinski definition) is 1. The van der Waals surface area contributed by atoms with Gasteiger partial charge in [0.1, 0.15) is 11.5 Å². The lowest BCUT2D eigenvalue weighted by Crippen LogP contribution is -2.39. The predicted octanol–water partition coefficient (Wildman–Crippen LogP) is 5.15. The van der Waals surface area contributed by atoms with Crippen LogP contribution in [0.2, 0.25) is 0 Å². The van der Waals surface area contributed by atoms with Crippen molar-refractivity contribution in [1.82, 2.24) is 0 Å². The Morgan fingerprint density at radius 3 is 2.47 bits per heavy atom. The maximum Gasteiger partial charge on any atom is 0.265 e. The number of amides is 2. The number of hydrogen-bond acceptors (Lipinski definition) is 4. The maximum absolute atomic E-state index is 12.5. The van der Waals surface area contributed by atoms with Crippen molar-refractivity contribution < 1.29 is 19.1 Å². The number of carbonyl (C=O) groups excluding carboxylic acids is 2. The van der Waals surface area contributed by atoms with Crippen molar-refractivity contribution in [3.8, 4) is 11.5 Å². The predicted molar refractivity (Wildman–Crippen MR) is 134 cm³/mol. The molecule has 6 nitrogen and oxygen atoms in total. The van der Waals surface area contributed by atoms with Crippen LogP contribution in [0.15, 0.2) is 72.8 Å². The highest BCUT2D eigenvalue weighted by atomic mass is 16.5. The Bertz CT molecular complexity index is 1180. The van der Waals surface area contributed by atoms with E-state index in [0.29, 0.717) is 36.7 Å². The molecular formula is C28H28N2O4. The fraction of sp³-hybridized carbons (Fsp3) is 0.214. The summed E-state index contributed by atoms with van der Waals surface area (Å²) in [5.74, 6) is 1.06. The van der Waals surface area contributed by atoms with Crippen molar-refractivity contribution in [2.45, 2.75) is 20.3 Å². The number of anilines is 2. The molecule has 0 atom stereocenters. The molecule has 1 N–H and O–H groups in total. The van der Waals surface area contributed by atoms with E-state index in [9.17, 15) is 9.59 Å². The van der Waals surface area contributed by atoms with Crippen LogP contribution in [0.25, 0.3) is 6.08 Å². The molecule has 4 rings (SSSR count). The van der Waals surface area contributed by atoms with Gasteiger partial charge in [-0.15, -0.1) is 0 Å². The van der Waals surface area contributed by atoms with Crippen LogP contribution < -0.4 is 19.7 Å². The summed E-state index contributed by atoms with van der Waals surface area (Å²) >= 11 is 0. The van der Waals surface area contributed by atoms with Crippen molar-refractivity contribution in [3.05, 3.63) is 89.5 Å². The molecule has 0 fully saturated rings. The fourth-order valence-electron chi connectivity index (χ4n) is 3.61. The van der Waals surface area contributed by atoms with Crippen LogP contribution in [-0.4, -0.2) is 31.6 Å². The lowest BCUT2D eigenvalue weighted by Gasteiger charge is -2.29. The third-order valence-electron chi connectivity index (χ3n) is 5.49. The third-order valence-corrected chi connectivity index (χ3v) is 5.49. The van der Waals surface area contributed by atoms with Gasteiger partial charge < -0.3 is 19.7 Å². The zero-order valence-electron chi connectivity index (χ0n) is 19.4. The Morgan fingerprint density at radius 1 is 1.03 bits per heavy atom. The van der Waals surface area contributed by atoms with Crippen molar-refractivity contribution in [2.24, 2.45) is 0 Å². The summed E-state index contributed by atoms with van der Waals surface area (Å²) in [6, 6.07) is 21.1. The lowest BCUT2D eigenvalue weighted by molar-refractivity contribution is -0.121. The van der Waals surface area contributed by atoms with Crippen LogP contribution in [0, 0.1) is 13.8 Å². The Labute approximate surface area is 199 Å². The van der Waals surface area contributed by atoms with E-state index in [2.05, 4.69) is 5.32 Å². The van der Waals surface area contributed by atoms with Gasteiger partial charge in [-0.25, -0.2) is 0 Å². The molecule has 3 aromatic rings. The standard InChI is InChI=1S/C28H28N2O4/c1-20-4-8-22(9-5-20)10-15-27(31)29-23-11-14-26-25(18-23)30(28(32)19-34-26)16-3-17-33-24-12-6-21(2)7-13-24/h4-15,18H,3,16-17,19H2,1-2H3,(H,29,31)/b15-10+. The number of nitrogens with zero attached hydrogens (tertiary/aromatic N) is 1. The quantitative estimate of drug-likeness (QED) is 0.376. The average Bonchev–Trinajstić information content (AvgIpc) is 2.83. The number of aryl methyl sites for hydroxylation is 2. The molecule has 0 aromatic heterocycles. The van der Waals surface area contributed by atoms with Crippen LogP contribution in [0.3, 0.4) is 0 Å². The molecule has 0 bridgehead atoms. The highest BCUT2D eigenvalue weighted by molar-refractivity contribution is 6.03. The van der Waals surface area contributed by atoms with Crippen LogP contribution in [-0.2, 0) is 9.59 Å². The van der Waals surface area contributed by atoms with Crippen LogP contribution in [0.1, 0.15) is 23.1 Å². The second kappa shape index (κ2) is 10.7. The highest BCUT2D eigenvalue weighted by Crippen LogP contribution is 2.34. The zero-order valence-corrected chi connectivity index (χ0v) is 19.4. The number of fused-ring (bicyclic) bond motifs is 1. The topological polar surface area (TPSA) is 67.9 Å². The maximum atomic E-state index is 12.5. The number of benzene rings is 3. The van der Waals surface area contributed by atoms with E-state index in [1.807, 2.05) is 62.4 Å². The van der Waals surface area contributed by atoms with Crippen LogP contribution in [0.4, 0.5) is 11.4 Å². The third kappa shape index (κ3) is 6.04. The normalized spacial score (nSPS) is 12.9. The Kier molecular flexibility index (Phi) is 7.28. The van der Waals surface area contributed by atoms with Crippen LogP contribution in [0.5, 0.6) is 11.5 Å². The SMILES string of the molecule is Cc1ccc(/C=C/C(=O)Nc2ccc3c(c2)N(CCCOc2ccc(C)cc2)C(=O)CO3)cc1. The minimum atomic E-state index is -0.248. The van der Waals surface area contributed by atoms with Gasteiger partial charge in [0.2, 0.25) is 5.91 Å². The van der Waals surface area contributed by atoms with Crippen molar-refractivity contribution in [2.75, 3.05) is 30.0 Å². The Hall–Kier alpha value is -4.06. The second-order valence-corrected chi connectivity index (χ2v) is 8.26. The molecule has 0 saturated heterocycles. The zero-order chi connectivity index (χ0) is 23.9. The number of rotatable bonds is 8. The van der Waals surface area contributed by atoms with E-state index in [0.717, 1.165) is 11.3 Å². The number of ether oxygens (including phenoxy) is 2. The molecule has 1 aliphatic rings. The first-order valence-corrected chi connectivity index (χ1v) is 11.3. The molecule has 174 valence electrons. The fourth-order valence-corrected chi connectivity index (χ4v) is 3.61. The highest BCUT2D eigenvalue weighted by Gasteiger charge is 2.25. The number of carbonyl (C=O) groups is 2. The monoisotopic (exact) mass is 456 g/mol. The van der Waals surface area contributed by atoms with E-state index in [1.165, 1.54) is 17.2 Å². The Balaban J connectivity index is 1.37. The molecule has 6 heteroatoms. The van der Waals surface area contributed by atoms with Gasteiger partial charge in [0.25, 0.3) is 5.91 Å². The molecule has 0 aliphatic carbocycles. The molecular weight excluding hydrogens is 428 g/mol. The lowest BCUT2D eigenvalue weighted by atomic mass is 10.1. The molecule has 2 amide bonds. The number of nitrogens with one attached hydrogen (secondary N) is 1. The summed E-state index contributed by atoms with van der Waals surface area (Å²) in [5.41, 5.74) is 4.53. The summed E-state index contributed by atoms with van der Waals surface area (Å²) < 4.78 is 11.4. The molecule has 1 aliphatic heterocycles. The first kappa shape index (κ1) is 23.1. The summed E-state index contributed by atoms with van der Waals surface area (Å²) in [7, 11) is 0. The molecule has 1 heterocycles. The summed E-state index contributed by atoms with van der Waals surface area (Å²) in [4.78, 5) is 26.6. The van der Waals surface area contributed by atoms with Gasteiger partial charge in [0, 0.05) is 18.3 Å². The van der Waals surface area contributed by atoms with E-state index < -0.39 is 0 Å².